The van der Waals surface area contributed by atoms with Crippen molar-refractivity contribution in [3.05, 3.63) is 29.8 Å². The van der Waals surface area contributed by atoms with E-state index in [4.69, 9.17) is 5.73 Å². The Morgan fingerprint density at radius 1 is 1.25 bits per heavy atom. The average Bonchev–Trinajstić information content (AvgIpc) is 2.36. The lowest BCUT2D eigenvalue weighted by Gasteiger charge is -2.18. The molecule has 0 heterocycles. The molecule has 0 aromatic heterocycles. The van der Waals surface area contributed by atoms with Crippen LogP contribution in [0.1, 0.15) is 38.2 Å². The smallest absolute Gasteiger partial charge is 0.220 e. The van der Waals surface area contributed by atoms with E-state index in [0.29, 0.717) is 6.42 Å². The van der Waals surface area contributed by atoms with Gasteiger partial charge < -0.3 is 16.0 Å². The van der Waals surface area contributed by atoms with Crippen LogP contribution >= 0.6 is 0 Å². The largest absolute Gasteiger partial charge is 0.399 e. The van der Waals surface area contributed by atoms with Crippen molar-refractivity contribution in [3.8, 4) is 0 Å². The van der Waals surface area contributed by atoms with E-state index in [-0.39, 0.29) is 17.9 Å². The van der Waals surface area contributed by atoms with Crippen LogP contribution in [0.25, 0.3) is 0 Å². The lowest BCUT2D eigenvalue weighted by molar-refractivity contribution is -0.122. The minimum Gasteiger partial charge on any atom is -0.399 e. The third kappa shape index (κ3) is 6.06. The Balaban J connectivity index is 2.39. The molecule has 4 heteroatoms. The second-order valence-corrected chi connectivity index (χ2v) is 5.83. The minimum atomic E-state index is 0.112. The Morgan fingerprint density at radius 3 is 2.40 bits per heavy atom. The number of benzene rings is 1. The molecule has 0 spiro atoms. The Bertz CT molecular complexity index is 414. The van der Waals surface area contributed by atoms with Crippen molar-refractivity contribution in [1.29, 1.82) is 0 Å². The van der Waals surface area contributed by atoms with E-state index in [9.17, 15) is 4.79 Å². The summed E-state index contributed by atoms with van der Waals surface area (Å²) < 4.78 is 0. The van der Waals surface area contributed by atoms with Crippen LogP contribution in [0.3, 0.4) is 0 Å². The standard InChI is InChI=1S/C16H27N3O/c1-12(14-5-7-15(17)8-6-14)11-16(20)18-13(2)9-10-19(3)4/h5-8,12-13H,9-11,17H2,1-4H3,(H,18,20). The molecule has 0 aliphatic heterocycles. The van der Waals surface area contributed by atoms with Gasteiger partial charge in [0.25, 0.3) is 0 Å². The van der Waals surface area contributed by atoms with Crippen molar-refractivity contribution in [2.24, 2.45) is 0 Å². The molecule has 3 N–H and O–H groups in total. The predicted octanol–water partition coefficient (Wildman–Crippen LogP) is 2.22. The zero-order chi connectivity index (χ0) is 15.1. The van der Waals surface area contributed by atoms with Crippen molar-refractivity contribution < 1.29 is 4.79 Å². The third-order valence-corrected chi connectivity index (χ3v) is 3.41. The maximum Gasteiger partial charge on any atom is 0.220 e. The van der Waals surface area contributed by atoms with Crippen LogP contribution < -0.4 is 11.1 Å². The van der Waals surface area contributed by atoms with Crippen molar-refractivity contribution in [3.63, 3.8) is 0 Å². The van der Waals surface area contributed by atoms with E-state index < -0.39 is 0 Å². The molecule has 0 aliphatic carbocycles. The van der Waals surface area contributed by atoms with Gasteiger partial charge >= 0.3 is 0 Å². The summed E-state index contributed by atoms with van der Waals surface area (Å²) in [6.45, 7) is 5.10. The van der Waals surface area contributed by atoms with Crippen LogP contribution in [-0.2, 0) is 4.79 Å². The van der Waals surface area contributed by atoms with Gasteiger partial charge in [0.05, 0.1) is 0 Å². The quantitative estimate of drug-likeness (QED) is 0.751. The molecule has 1 aromatic rings. The van der Waals surface area contributed by atoms with Crippen LogP contribution in [0, 0.1) is 0 Å². The first kappa shape index (κ1) is 16.5. The van der Waals surface area contributed by atoms with E-state index in [1.165, 1.54) is 0 Å². The summed E-state index contributed by atoms with van der Waals surface area (Å²) in [5.41, 5.74) is 7.57. The van der Waals surface area contributed by atoms with Crippen molar-refractivity contribution in [1.82, 2.24) is 10.2 Å². The molecule has 2 atom stereocenters. The van der Waals surface area contributed by atoms with Crippen molar-refractivity contribution in [2.75, 3.05) is 26.4 Å². The summed E-state index contributed by atoms with van der Waals surface area (Å²) in [5.74, 6) is 0.317. The monoisotopic (exact) mass is 277 g/mol. The van der Waals surface area contributed by atoms with Crippen LogP contribution in [0.2, 0.25) is 0 Å². The summed E-state index contributed by atoms with van der Waals surface area (Å²) >= 11 is 0. The van der Waals surface area contributed by atoms with Gasteiger partial charge in [0, 0.05) is 18.2 Å². The van der Waals surface area contributed by atoms with Gasteiger partial charge in [-0.25, -0.2) is 0 Å². The number of nitrogens with two attached hydrogens (primary N) is 1. The number of nitrogen functional groups attached to an aromatic ring is 1. The fraction of sp³-hybridized carbons (Fsp3) is 0.562. The summed E-state index contributed by atoms with van der Waals surface area (Å²) in [6, 6.07) is 7.95. The Morgan fingerprint density at radius 2 is 1.85 bits per heavy atom. The number of hydrogen-bond donors (Lipinski definition) is 2. The van der Waals surface area contributed by atoms with Crippen LogP contribution in [-0.4, -0.2) is 37.5 Å². The molecule has 0 bridgehead atoms. The molecule has 1 aromatic carbocycles. The number of rotatable bonds is 7. The molecule has 1 rings (SSSR count). The third-order valence-electron chi connectivity index (χ3n) is 3.41. The Labute approximate surface area is 122 Å². The fourth-order valence-electron chi connectivity index (χ4n) is 2.08. The summed E-state index contributed by atoms with van der Waals surface area (Å²) in [5, 5.41) is 3.06. The SMILES string of the molecule is CC(CCN(C)C)NC(=O)CC(C)c1ccc(N)cc1. The van der Waals surface area contributed by atoms with Gasteiger partial charge in [-0.2, -0.15) is 0 Å². The highest BCUT2D eigenvalue weighted by atomic mass is 16.1. The Hall–Kier alpha value is -1.55. The molecule has 0 saturated carbocycles. The highest BCUT2D eigenvalue weighted by molar-refractivity contribution is 5.77. The predicted molar refractivity (Wildman–Crippen MR) is 84.7 cm³/mol. The number of nitrogens with zero attached hydrogens (tertiary/aromatic N) is 1. The zero-order valence-corrected chi connectivity index (χ0v) is 13.0. The topological polar surface area (TPSA) is 58.4 Å². The van der Waals surface area contributed by atoms with E-state index in [0.717, 1.165) is 24.2 Å². The van der Waals surface area contributed by atoms with Gasteiger partial charge in [0.2, 0.25) is 5.91 Å². The summed E-state index contributed by atoms with van der Waals surface area (Å²) in [7, 11) is 4.08. The summed E-state index contributed by atoms with van der Waals surface area (Å²) in [4.78, 5) is 14.1. The van der Waals surface area contributed by atoms with Gasteiger partial charge in [0.1, 0.15) is 0 Å². The Kier molecular flexibility index (Phi) is 6.52. The molecular weight excluding hydrogens is 250 g/mol. The lowest BCUT2D eigenvalue weighted by Crippen LogP contribution is -2.35. The minimum absolute atomic E-state index is 0.112. The molecule has 20 heavy (non-hydrogen) atoms. The molecule has 2 unspecified atom stereocenters. The molecular formula is C16H27N3O. The number of anilines is 1. The van der Waals surface area contributed by atoms with Crippen molar-refractivity contribution in [2.45, 2.75) is 38.6 Å². The first-order valence-electron chi connectivity index (χ1n) is 7.18. The molecule has 1 amide bonds. The number of hydrogen-bond acceptors (Lipinski definition) is 3. The highest BCUT2D eigenvalue weighted by Gasteiger charge is 2.13. The van der Waals surface area contributed by atoms with Gasteiger partial charge in [-0.1, -0.05) is 19.1 Å². The summed E-state index contributed by atoms with van der Waals surface area (Å²) in [6.07, 6.45) is 1.48. The maximum absolute atomic E-state index is 12.0. The molecule has 0 fully saturated rings. The average molecular weight is 277 g/mol. The van der Waals surface area contributed by atoms with Gasteiger partial charge in [-0.05, 0) is 57.6 Å². The maximum atomic E-state index is 12.0. The van der Waals surface area contributed by atoms with E-state index >= 15 is 0 Å². The molecule has 4 nitrogen and oxygen atoms in total. The lowest BCUT2D eigenvalue weighted by atomic mass is 9.97. The number of carbonyl (C=O) groups is 1. The highest BCUT2D eigenvalue weighted by Crippen LogP contribution is 2.20. The first-order chi connectivity index (χ1) is 9.38. The van der Waals surface area contributed by atoms with Gasteiger partial charge in [-0.15, -0.1) is 0 Å². The number of nitrogens with one attached hydrogen (secondary N) is 1. The van der Waals surface area contributed by atoms with E-state index in [1.54, 1.807) is 0 Å². The molecule has 0 saturated heterocycles. The molecule has 0 aliphatic rings. The van der Waals surface area contributed by atoms with Gasteiger partial charge in [0.15, 0.2) is 0 Å². The van der Waals surface area contributed by atoms with Crippen LogP contribution in [0.4, 0.5) is 5.69 Å². The fourth-order valence-corrected chi connectivity index (χ4v) is 2.08. The normalized spacial score (nSPS) is 14.1. The van der Waals surface area contributed by atoms with Crippen LogP contribution in [0.5, 0.6) is 0 Å². The van der Waals surface area contributed by atoms with Crippen LogP contribution in [0.15, 0.2) is 24.3 Å². The van der Waals surface area contributed by atoms with Crippen molar-refractivity contribution >= 4 is 11.6 Å². The van der Waals surface area contributed by atoms with E-state index in [2.05, 4.69) is 24.1 Å². The van der Waals surface area contributed by atoms with E-state index in [1.807, 2.05) is 38.4 Å². The second-order valence-electron chi connectivity index (χ2n) is 5.83. The zero-order valence-electron chi connectivity index (χ0n) is 13.0. The molecule has 0 radical (unpaired) electrons. The number of amides is 1. The number of carbonyl (C=O) groups excluding carboxylic acids is 1. The van der Waals surface area contributed by atoms with Gasteiger partial charge in [-0.3, -0.25) is 4.79 Å². The first-order valence-corrected chi connectivity index (χ1v) is 7.18. The second kappa shape index (κ2) is 7.90. The molecule has 112 valence electrons.